The second-order valence-electron chi connectivity index (χ2n) is 6.02. The first kappa shape index (κ1) is 20.4. The zero-order valence-corrected chi connectivity index (χ0v) is 16.8. The van der Waals surface area contributed by atoms with Gasteiger partial charge in [0.15, 0.2) is 0 Å². The summed E-state index contributed by atoms with van der Waals surface area (Å²) in [7, 11) is -7.23. The molecule has 0 aliphatic rings. The fourth-order valence-corrected chi connectivity index (χ4v) is 4.79. The second-order valence-corrected chi connectivity index (χ2v) is 9.66. The van der Waals surface area contributed by atoms with Gasteiger partial charge in [0.1, 0.15) is 0 Å². The van der Waals surface area contributed by atoms with Crippen molar-refractivity contribution >= 4 is 25.7 Å². The summed E-state index contributed by atoms with van der Waals surface area (Å²) < 4.78 is 52.8. The van der Waals surface area contributed by atoms with Gasteiger partial charge in [-0.15, -0.1) is 0 Å². The lowest BCUT2D eigenvalue weighted by atomic mass is 10.1. The Labute approximate surface area is 156 Å². The van der Waals surface area contributed by atoms with Gasteiger partial charge in [0, 0.05) is 13.1 Å². The highest BCUT2D eigenvalue weighted by molar-refractivity contribution is 7.92. The molecule has 2 aromatic carbocycles. The highest BCUT2D eigenvalue weighted by atomic mass is 32.2. The van der Waals surface area contributed by atoms with E-state index >= 15 is 0 Å². The Kier molecular flexibility index (Phi) is 6.44. The Balaban J connectivity index is 2.14. The summed E-state index contributed by atoms with van der Waals surface area (Å²) in [5, 5.41) is 0. The van der Waals surface area contributed by atoms with Crippen LogP contribution in [-0.4, -0.2) is 36.2 Å². The van der Waals surface area contributed by atoms with Crippen LogP contribution in [0.4, 0.5) is 5.69 Å². The fourth-order valence-electron chi connectivity index (χ4n) is 2.60. The first-order valence-electron chi connectivity index (χ1n) is 8.27. The lowest BCUT2D eigenvalue weighted by Crippen LogP contribution is -2.38. The van der Waals surface area contributed by atoms with Gasteiger partial charge in [0.25, 0.3) is 0 Å². The van der Waals surface area contributed by atoms with Crippen molar-refractivity contribution < 1.29 is 16.8 Å². The van der Waals surface area contributed by atoms with Crippen LogP contribution in [0.2, 0.25) is 0 Å². The van der Waals surface area contributed by atoms with E-state index in [4.69, 9.17) is 0 Å². The number of aryl methyl sites for hydroxylation is 2. The Morgan fingerprint density at radius 3 is 2.12 bits per heavy atom. The smallest absolute Gasteiger partial charge is 0.240 e. The van der Waals surface area contributed by atoms with Gasteiger partial charge in [-0.1, -0.05) is 37.3 Å². The van der Waals surface area contributed by atoms with Crippen molar-refractivity contribution in [2.75, 3.05) is 23.7 Å². The highest BCUT2D eigenvalue weighted by Crippen LogP contribution is 2.19. The van der Waals surface area contributed by atoms with Crippen LogP contribution in [0, 0.1) is 6.92 Å². The number of nitrogens with one attached hydrogen (secondary N) is 1. The molecule has 2 rings (SSSR count). The zero-order chi connectivity index (χ0) is 19.4. The van der Waals surface area contributed by atoms with Gasteiger partial charge in [-0.2, -0.15) is 0 Å². The van der Waals surface area contributed by atoms with Crippen LogP contribution < -0.4 is 9.03 Å². The van der Waals surface area contributed by atoms with Gasteiger partial charge in [-0.3, -0.25) is 4.31 Å². The molecule has 0 aliphatic heterocycles. The van der Waals surface area contributed by atoms with Gasteiger partial charge in [0.2, 0.25) is 20.0 Å². The van der Waals surface area contributed by atoms with Crippen molar-refractivity contribution in [2.24, 2.45) is 0 Å². The van der Waals surface area contributed by atoms with Crippen LogP contribution in [0.3, 0.4) is 0 Å². The molecule has 0 aliphatic carbocycles. The molecule has 0 atom stereocenters. The van der Waals surface area contributed by atoms with E-state index in [1.165, 1.54) is 10.4 Å². The number of benzene rings is 2. The average Bonchev–Trinajstić information content (AvgIpc) is 2.58. The molecular weight excluding hydrogens is 372 g/mol. The Morgan fingerprint density at radius 2 is 1.58 bits per heavy atom. The monoisotopic (exact) mass is 396 g/mol. The van der Waals surface area contributed by atoms with Crippen LogP contribution in [0.5, 0.6) is 0 Å². The minimum atomic E-state index is -3.70. The molecule has 2 aromatic rings. The van der Waals surface area contributed by atoms with Gasteiger partial charge in [-0.25, -0.2) is 21.6 Å². The van der Waals surface area contributed by atoms with Crippen molar-refractivity contribution in [2.45, 2.75) is 25.2 Å². The van der Waals surface area contributed by atoms with E-state index in [1.807, 2.05) is 19.1 Å². The topological polar surface area (TPSA) is 83.6 Å². The minimum Gasteiger partial charge on any atom is -0.269 e. The van der Waals surface area contributed by atoms with Crippen LogP contribution >= 0.6 is 0 Å². The molecule has 26 heavy (non-hydrogen) atoms. The molecule has 0 aromatic heterocycles. The lowest BCUT2D eigenvalue weighted by molar-refractivity contribution is 0.578. The lowest BCUT2D eigenvalue weighted by Gasteiger charge is -2.23. The SMILES string of the molecule is CCc1ccc(N(CCNS(=O)(=O)c2ccccc2C)S(C)(=O)=O)cc1. The fraction of sp³-hybridized carbons (Fsp3) is 0.333. The second kappa shape index (κ2) is 8.20. The molecule has 0 saturated heterocycles. The third kappa shape index (κ3) is 5.06. The van der Waals surface area contributed by atoms with Gasteiger partial charge < -0.3 is 0 Å². The van der Waals surface area contributed by atoms with Crippen LogP contribution in [-0.2, 0) is 26.5 Å². The van der Waals surface area contributed by atoms with Gasteiger partial charge in [-0.05, 0) is 42.7 Å². The molecule has 0 spiro atoms. The first-order chi connectivity index (χ1) is 12.1. The van der Waals surface area contributed by atoms with E-state index in [9.17, 15) is 16.8 Å². The van der Waals surface area contributed by atoms with Crippen molar-refractivity contribution in [1.29, 1.82) is 0 Å². The summed E-state index contributed by atoms with van der Waals surface area (Å²) in [4.78, 5) is 0.193. The summed E-state index contributed by atoms with van der Waals surface area (Å²) >= 11 is 0. The van der Waals surface area contributed by atoms with Crippen molar-refractivity contribution in [1.82, 2.24) is 4.72 Å². The Morgan fingerprint density at radius 1 is 0.962 bits per heavy atom. The van der Waals surface area contributed by atoms with Crippen LogP contribution in [0.25, 0.3) is 0 Å². The Hall–Kier alpha value is -1.90. The normalized spacial score (nSPS) is 12.1. The van der Waals surface area contributed by atoms with E-state index in [-0.39, 0.29) is 18.0 Å². The number of anilines is 1. The molecule has 8 heteroatoms. The highest BCUT2D eigenvalue weighted by Gasteiger charge is 2.20. The molecule has 1 N–H and O–H groups in total. The number of hydrogen-bond acceptors (Lipinski definition) is 4. The Bertz CT molecular complexity index is 953. The molecule has 0 saturated carbocycles. The van der Waals surface area contributed by atoms with E-state index in [0.29, 0.717) is 11.3 Å². The van der Waals surface area contributed by atoms with Gasteiger partial charge in [0.05, 0.1) is 16.8 Å². The minimum absolute atomic E-state index is 0.00934. The molecule has 6 nitrogen and oxygen atoms in total. The maximum Gasteiger partial charge on any atom is 0.240 e. The molecule has 0 amide bonds. The van der Waals surface area contributed by atoms with E-state index in [1.54, 1.807) is 37.3 Å². The maximum atomic E-state index is 12.4. The molecular formula is C18H24N2O4S2. The average molecular weight is 397 g/mol. The largest absolute Gasteiger partial charge is 0.269 e. The number of sulfonamides is 2. The van der Waals surface area contributed by atoms with Crippen LogP contribution in [0.15, 0.2) is 53.4 Å². The molecule has 0 bridgehead atoms. The number of rotatable bonds is 8. The maximum absolute atomic E-state index is 12.4. The van der Waals surface area contributed by atoms with E-state index in [0.717, 1.165) is 18.2 Å². The van der Waals surface area contributed by atoms with Crippen LogP contribution in [0.1, 0.15) is 18.1 Å². The van der Waals surface area contributed by atoms with E-state index < -0.39 is 20.0 Å². The molecule has 0 unspecified atom stereocenters. The summed E-state index contributed by atoms with van der Waals surface area (Å²) in [5.41, 5.74) is 2.25. The zero-order valence-electron chi connectivity index (χ0n) is 15.1. The summed E-state index contributed by atoms with van der Waals surface area (Å²) in [6.07, 6.45) is 1.96. The molecule has 0 heterocycles. The number of nitrogens with zero attached hydrogens (tertiary/aromatic N) is 1. The number of hydrogen-bond donors (Lipinski definition) is 1. The van der Waals surface area contributed by atoms with E-state index in [2.05, 4.69) is 4.72 Å². The third-order valence-electron chi connectivity index (χ3n) is 4.02. The molecule has 0 radical (unpaired) electrons. The summed E-state index contributed by atoms with van der Waals surface area (Å²) in [5.74, 6) is 0. The quantitative estimate of drug-likeness (QED) is 0.742. The van der Waals surface area contributed by atoms with Gasteiger partial charge >= 0.3 is 0 Å². The standard InChI is InChI=1S/C18H24N2O4S2/c1-4-16-9-11-17(12-10-16)20(25(3,21)22)14-13-19-26(23,24)18-8-6-5-7-15(18)2/h5-12,19H,4,13-14H2,1-3H3. The van der Waals surface area contributed by atoms with Crippen molar-refractivity contribution in [3.8, 4) is 0 Å². The molecule has 142 valence electrons. The predicted molar refractivity (Wildman–Crippen MR) is 104 cm³/mol. The first-order valence-corrected chi connectivity index (χ1v) is 11.6. The third-order valence-corrected chi connectivity index (χ3v) is 6.84. The summed E-state index contributed by atoms with van der Waals surface area (Å²) in [6, 6.07) is 13.9. The predicted octanol–water partition coefficient (Wildman–Crippen LogP) is 2.30. The summed E-state index contributed by atoms with van der Waals surface area (Å²) in [6.45, 7) is 3.71. The van der Waals surface area contributed by atoms with Crippen molar-refractivity contribution in [3.05, 3.63) is 59.7 Å². The van der Waals surface area contributed by atoms with Crippen molar-refractivity contribution in [3.63, 3.8) is 0 Å². The molecule has 0 fully saturated rings.